The molecule has 138 valence electrons. The van der Waals surface area contributed by atoms with Crippen molar-refractivity contribution >= 4 is 11.9 Å². The van der Waals surface area contributed by atoms with Gasteiger partial charge in [-0.15, -0.1) is 0 Å². The fraction of sp³-hybridized carbons (Fsp3) is 0.579. The molecule has 25 heavy (non-hydrogen) atoms. The quantitative estimate of drug-likeness (QED) is 0.776. The zero-order valence-electron chi connectivity index (χ0n) is 15.1. The van der Waals surface area contributed by atoms with E-state index in [4.69, 9.17) is 9.84 Å². The summed E-state index contributed by atoms with van der Waals surface area (Å²) in [5.41, 5.74) is 1.20. The number of likely N-dealkylation sites (N-methyl/N-ethyl adjacent to an activating group) is 1. The number of carbonyl (C=O) groups is 2. The number of rotatable bonds is 8. The molecule has 1 aromatic rings. The van der Waals surface area contributed by atoms with Crippen LogP contribution in [0.3, 0.4) is 0 Å². The van der Waals surface area contributed by atoms with Crippen LogP contribution in [-0.2, 0) is 14.3 Å². The number of hydrogen-bond acceptors (Lipinski definition) is 4. The number of ether oxygens (including phenoxy) is 1. The molecule has 1 fully saturated rings. The fourth-order valence-corrected chi connectivity index (χ4v) is 3.26. The van der Waals surface area contributed by atoms with E-state index >= 15 is 0 Å². The van der Waals surface area contributed by atoms with Gasteiger partial charge in [0.1, 0.15) is 0 Å². The molecule has 6 heteroatoms. The molecule has 0 spiro atoms. The first kappa shape index (κ1) is 19.4. The molecule has 2 unspecified atom stereocenters. The van der Waals surface area contributed by atoms with Crippen molar-refractivity contribution in [2.75, 3.05) is 39.8 Å². The molecule has 6 nitrogen and oxygen atoms in total. The molecule has 0 aromatic heterocycles. The lowest BCUT2D eigenvalue weighted by Crippen LogP contribution is -2.49. The Labute approximate surface area is 149 Å². The maximum absolute atomic E-state index is 12.7. The minimum absolute atomic E-state index is 0.0281. The molecule has 2 atom stereocenters. The highest BCUT2D eigenvalue weighted by Gasteiger charge is 2.27. The van der Waals surface area contributed by atoms with Crippen molar-refractivity contribution in [2.45, 2.75) is 31.8 Å². The highest BCUT2D eigenvalue weighted by molar-refractivity contribution is 5.77. The summed E-state index contributed by atoms with van der Waals surface area (Å²) in [6, 6.07) is 10.1. The minimum atomic E-state index is -0.861. The first-order valence-corrected chi connectivity index (χ1v) is 8.84. The first-order chi connectivity index (χ1) is 12.0. The average molecular weight is 348 g/mol. The summed E-state index contributed by atoms with van der Waals surface area (Å²) < 4.78 is 5.70. The lowest BCUT2D eigenvalue weighted by molar-refractivity contribution is -0.142. The van der Waals surface area contributed by atoms with Crippen molar-refractivity contribution in [1.82, 2.24) is 9.80 Å². The summed E-state index contributed by atoms with van der Waals surface area (Å²) in [4.78, 5) is 27.0. The molecule has 1 saturated heterocycles. The van der Waals surface area contributed by atoms with E-state index in [-0.39, 0.29) is 24.5 Å². The number of carboxylic acids is 1. The third-order valence-electron chi connectivity index (χ3n) is 4.60. The monoisotopic (exact) mass is 348 g/mol. The van der Waals surface area contributed by atoms with Crippen LogP contribution >= 0.6 is 0 Å². The van der Waals surface area contributed by atoms with E-state index < -0.39 is 5.97 Å². The van der Waals surface area contributed by atoms with Gasteiger partial charge in [-0.3, -0.25) is 14.5 Å². The lowest BCUT2D eigenvalue weighted by atomic mass is 9.92. The van der Waals surface area contributed by atoms with E-state index in [0.29, 0.717) is 32.7 Å². The Morgan fingerprint density at radius 1 is 1.36 bits per heavy atom. The number of carboxylic acid groups (broad SMARTS) is 1. The van der Waals surface area contributed by atoms with Crippen molar-refractivity contribution < 1.29 is 19.4 Å². The van der Waals surface area contributed by atoms with Gasteiger partial charge in [0, 0.05) is 26.1 Å². The van der Waals surface area contributed by atoms with Crippen LogP contribution in [0.25, 0.3) is 0 Å². The molecular weight excluding hydrogens is 320 g/mol. The van der Waals surface area contributed by atoms with Crippen LogP contribution in [0.5, 0.6) is 0 Å². The van der Waals surface area contributed by atoms with Gasteiger partial charge in [-0.2, -0.15) is 0 Å². The third kappa shape index (κ3) is 6.14. The Morgan fingerprint density at radius 3 is 2.72 bits per heavy atom. The van der Waals surface area contributed by atoms with E-state index in [9.17, 15) is 9.59 Å². The van der Waals surface area contributed by atoms with E-state index in [1.807, 2.05) is 23.1 Å². The molecule has 1 aliphatic heterocycles. The topological polar surface area (TPSA) is 70.1 Å². The second-order valence-electron chi connectivity index (χ2n) is 6.64. The minimum Gasteiger partial charge on any atom is -0.480 e. The Morgan fingerprint density at radius 2 is 2.08 bits per heavy atom. The van der Waals surface area contributed by atoms with Gasteiger partial charge in [0.2, 0.25) is 5.91 Å². The molecule has 0 bridgehead atoms. The van der Waals surface area contributed by atoms with Crippen LogP contribution in [0, 0.1) is 0 Å². The molecule has 2 rings (SSSR count). The molecular formula is C19H28N2O4. The third-order valence-corrected chi connectivity index (χ3v) is 4.60. The molecule has 1 aliphatic rings. The summed E-state index contributed by atoms with van der Waals surface area (Å²) >= 11 is 0. The molecule has 0 radical (unpaired) electrons. The molecule has 1 heterocycles. The van der Waals surface area contributed by atoms with Gasteiger partial charge < -0.3 is 14.7 Å². The second kappa shape index (κ2) is 9.53. The zero-order valence-corrected chi connectivity index (χ0v) is 15.1. The first-order valence-electron chi connectivity index (χ1n) is 8.84. The number of hydrogen-bond donors (Lipinski definition) is 1. The maximum atomic E-state index is 12.7. The normalized spacial score (nSPS) is 19.0. The van der Waals surface area contributed by atoms with Gasteiger partial charge in [-0.05, 0) is 24.9 Å². The lowest BCUT2D eigenvalue weighted by Gasteiger charge is -2.35. The fourth-order valence-electron chi connectivity index (χ4n) is 3.26. The highest BCUT2D eigenvalue weighted by atomic mass is 16.5. The molecule has 1 amide bonds. The Hall–Kier alpha value is -1.92. The number of benzene rings is 1. The van der Waals surface area contributed by atoms with Crippen LogP contribution in [0.1, 0.15) is 31.2 Å². The van der Waals surface area contributed by atoms with Crippen LogP contribution in [-0.4, -0.2) is 72.7 Å². The molecule has 1 N–H and O–H groups in total. The van der Waals surface area contributed by atoms with Crippen LogP contribution < -0.4 is 0 Å². The number of amides is 1. The van der Waals surface area contributed by atoms with Crippen LogP contribution in [0.4, 0.5) is 0 Å². The predicted octanol–water partition coefficient (Wildman–Crippen LogP) is 1.81. The van der Waals surface area contributed by atoms with Gasteiger partial charge >= 0.3 is 5.97 Å². The van der Waals surface area contributed by atoms with Gasteiger partial charge in [-0.1, -0.05) is 37.3 Å². The van der Waals surface area contributed by atoms with Gasteiger partial charge in [-0.25, -0.2) is 0 Å². The zero-order chi connectivity index (χ0) is 18.2. The van der Waals surface area contributed by atoms with Crippen LogP contribution in [0.15, 0.2) is 30.3 Å². The summed E-state index contributed by atoms with van der Waals surface area (Å²) in [6.45, 7) is 4.20. The molecule has 0 saturated carbocycles. The van der Waals surface area contributed by atoms with Crippen molar-refractivity contribution in [3.63, 3.8) is 0 Å². The molecule has 1 aromatic carbocycles. The van der Waals surface area contributed by atoms with E-state index in [1.54, 1.807) is 11.9 Å². The van der Waals surface area contributed by atoms with Crippen molar-refractivity contribution in [3.8, 4) is 0 Å². The Bertz CT molecular complexity index is 564. The van der Waals surface area contributed by atoms with Crippen molar-refractivity contribution in [2.24, 2.45) is 0 Å². The largest absolute Gasteiger partial charge is 0.480 e. The smallest absolute Gasteiger partial charge is 0.317 e. The summed E-state index contributed by atoms with van der Waals surface area (Å²) in [5.74, 6) is -0.491. The average Bonchev–Trinajstić information content (AvgIpc) is 2.59. The van der Waals surface area contributed by atoms with Crippen molar-refractivity contribution in [1.29, 1.82) is 0 Å². The second-order valence-corrected chi connectivity index (χ2v) is 6.64. The predicted molar refractivity (Wildman–Crippen MR) is 95.5 cm³/mol. The number of nitrogens with zero attached hydrogens (tertiary/aromatic N) is 2. The van der Waals surface area contributed by atoms with E-state index in [1.165, 1.54) is 5.56 Å². The maximum Gasteiger partial charge on any atom is 0.317 e. The standard InChI is InChI=1S/C19H28N2O4/c1-3-15(16-7-5-4-6-8-16)11-18(22)21-9-10-25-17(13-21)12-20(2)14-19(23)24/h4-8,15,17H,3,9-14H2,1-2H3,(H,23,24). The highest BCUT2D eigenvalue weighted by Crippen LogP contribution is 2.24. The number of carbonyl (C=O) groups excluding carboxylic acids is 1. The summed E-state index contributed by atoms with van der Waals surface area (Å²) in [6.07, 6.45) is 1.28. The van der Waals surface area contributed by atoms with E-state index in [2.05, 4.69) is 19.1 Å². The van der Waals surface area contributed by atoms with E-state index in [0.717, 1.165) is 6.42 Å². The van der Waals surface area contributed by atoms with Crippen molar-refractivity contribution in [3.05, 3.63) is 35.9 Å². The SMILES string of the molecule is CCC(CC(=O)N1CCOC(CN(C)CC(=O)O)C1)c1ccccc1. The number of morpholine rings is 1. The Kier molecular flexibility index (Phi) is 7.40. The summed E-state index contributed by atoms with van der Waals surface area (Å²) in [5, 5.41) is 8.84. The Balaban J connectivity index is 1.89. The summed E-state index contributed by atoms with van der Waals surface area (Å²) in [7, 11) is 1.75. The number of aliphatic carboxylic acids is 1. The van der Waals surface area contributed by atoms with Gasteiger partial charge in [0.05, 0.1) is 19.3 Å². The van der Waals surface area contributed by atoms with Crippen LogP contribution in [0.2, 0.25) is 0 Å². The van der Waals surface area contributed by atoms with Gasteiger partial charge in [0.25, 0.3) is 0 Å². The molecule has 0 aliphatic carbocycles. The van der Waals surface area contributed by atoms with Gasteiger partial charge in [0.15, 0.2) is 0 Å².